The minimum Gasteiger partial charge on any atom is -0.441 e. The van der Waals surface area contributed by atoms with Crippen LogP contribution in [0.5, 0.6) is 5.88 Å². The number of anilines is 2. The summed E-state index contributed by atoms with van der Waals surface area (Å²) >= 11 is 0. The van der Waals surface area contributed by atoms with Gasteiger partial charge in [0.05, 0.1) is 13.2 Å². The Kier molecular flexibility index (Phi) is 2.52. The highest BCUT2D eigenvalue weighted by molar-refractivity contribution is 5.54. The van der Waals surface area contributed by atoms with Crippen molar-refractivity contribution in [1.29, 1.82) is 0 Å². The molecule has 0 atom stereocenters. The van der Waals surface area contributed by atoms with Gasteiger partial charge in [0.15, 0.2) is 0 Å². The number of hydrogen-bond acceptors (Lipinski definition) is 7. The zero-order chi connectivity index (χ0) is 11.7. The van der Waals surface area contributed by atoms with Crippen LogP contribution < -0.4 is 14.5 Å². The fourth-order valence-corrected chi connectivity index (χ4v) is 1.76. The molecule has 0 unspecified atom stereocenters. The minimum atomic E-state index is 0.437. The van der Waals surface area contributed by atoms with Gasteiger partial charge in [-0.15, -0.1) is 10.2 Å². The summed E-state index contributed by atoms with van der Waals surface area (Å²) in [6, 6.07) is 0. The Balaban J connectivity index is 1.90. The van der Waals surface area contributed by atoms with Gasteiger partial charge in [0, 0.05) is 26.3 Å². The highest BCUT2D eigenvalue weighted by Gasteiger charge is 2.20. The Morgan fingerprint density at radius 1 is 1.24 bits per heavy atom. The third-order valence-corrected chi connectivity index (χ3v) is 2.72. The van der Waals surface area contributed by atoms with Gasteiger partial charge in [0.1, 0.15) is 6.26 Å². The van der Waals surface area contributed by atoms with Crippen molar-refractivity contribution in [2.24, 2.45) is 0 Å². The number of morpholine rings is 1. The van der Waals surface area contributed by atoms with E-state index in [1.165, 1.54) is 0 Å². The zero-order valence-electron chi connectivity index (χ0n) is 9.54. The third-order valence-electron chi connectivity index (χ3n) is 2.72. The van der Waals surface area contributed by atoms with Crippen molar-refractivity contribution in [3.05, 3.63) is 12.5 Å². The predicted octanol–water partition coefficient (Wildman–Crippen LogP) is 0.00800. The first-order chi connectivity index (χ1) is 8.34. The lowest BCUT2D eigenvalue weighted by molar-refractivity contribution is 0.122. The lowest BCUT2D eigenvalue weighted by Crippen LogP contribution is -2.37. The van der Waals surface area contributed by atoms with Crippen LogP contribution in [-0.2, 0) is 4.74 Å². The van der Waals surface area contributed by atoms with E-state index in [9.17, 15) is 0 Å². The molecular weight excluding hydrogens is 222 g/mol. The Morgan fingerprint density at radius 2 is 2.06 bits per heavy atom. The first-order valence-electron chi connectivity index (χ1n) is 5.48. The van der Waals surface area contributed by atoms with Crippen LogP contribution in [0.4, 0.5) is 11.8 Å². The molecule has 2 aliphatic rings. The molecule has 1 fully saturated rings. The lowest BCUT2D eigenvalue weighted by atomic mass is 10.4. The van der Waals surface area contributed by atoms with Gasteiger partial charge in [-0.3, -0.25) is 0 Å². The van der Waals surface area contributed by atoms with Crippen molar-refractivity contribution in [3.8, 4) is 5.88 Å². The first-order valence-corrected chi connectivity index (χ1v) is 5.48. The van der Waals surface area contributed by atoms with Crippen LogP contribution in [0.2, 0.25) is 0 Å². The standard InChI is InChI=1S/C10H13N5O2/c1-14-2-7-17-9-8(14)11-10(13-12-9)15-3-5-16-6-4-15/h2,7H,3-6H2,1H3. The van der Waals surface area contributed by atoms with Crippen molar-refractivity contribution < 1.29 is 9.47 Å². The number of rotatable bonds is 1. The summed E-state index contributed by atoms with van der Waals surface area (Å²) in [6.07, 6.45) is 3.35. The third kappa shape index (κ3) is 1.89. The van der Waals surface area contributed by atoms with Gasteiger partial charge in [-0.25, -0.2) is 0 Å². The molecule has 17 heavy (non-hydrogen) atoms. The molecule has 0 saturated carbocycles. The SMILES string of the molecule is CN1C=COc2nnc(N3CCOCC3)nc21. The summed E-state index contributed by atoms with van der Waals surface area (Å²) < 4.78 is 10.5. The normalized spacial score (nSPS) is 18.9. The van der Waals surface area contributed by atoms with Crippen molar-refractivity contribution in [2.45, 2.75) is 0 Å². The maximum Gasteiger partial charge on any atom is 0.282 e. The van der Waals surface area contributed by atoms with Crippen LogP contribution in [0, 0.1) is 0 Å². The van der Waals surface area contributed by atoms with Crippen LogP contribution in [0.25, 0.3) is 0 Å². The second-order valence-corrected chi connectivity index (χ2v) is 3.85. The smallest absolute Gasteiger partial charge is 0.282 e. The van der Waals surface area contributed by atoms with Gasteiger partial charge in [-0.05, 0) is 0 Å². The van der Waals surface area contributed by atoms with Gasteiger partial charge < -0.3 is 19.3 Å². The molecule has 7 heteroatoms. The Morgan fingerprint density at radius 3 is 2.88 bits per heavy atom. The highest BCUT2D eigenvalue weighted by atomic mass is 16.5. The summed E-state index contributed by atoms with van der Waals surface area (Å²) in [5.41, 5.74) is 0. The second kappa shape index (κ2) is 4.17. The van der Waals surface area contributed by atoms with Gasteiger partial charge in [0.2, 0.25) is 11.8 Å². The van der Waals surface area contributed by atoms with E-state index in [4.69, 9.17) is 9.47 Å². The maximum atomic E-state index is 5.29. The topological polar surface area (TPSA) is 63.6 Å². The largest absolute Gasteiger partial charge is 0.441 e. The van der Waals surface area contributed by atoms with Crippen LogP contribution in [0.15, 0.2) is 12.5 Å². The summed E-state index contributed by atoms with van der Waals surface area (Å²) in [5, 5.41) is 8.11. The molecular formula is C10H13N5O2. The van der Waals surface area contributed by atoms with Gasteiger partial charge in [0.25, 0.3) is 5.88 Å². The van der Waals surface area contributed by atoms with Crippen LogP contribution in [0.3, 0.4) is 0 Å². The summed E-state index contributed by atoms with van der Waals surface area (Å²) in [6.45, 7) is 2.99. The number of hydrogen-bond donors (Lipinski definition) is 0. The Labute approximate surface area is 98.7 Å². The van der Waals surface area contributed by atoms with E-state index < -0.39 is 0 Å². The first kappa shape index (κ1) is 10.3. The number of fused-ring (bicyclic) bond motifs is 1. The number of ether oxygens (including phenoxy) is 2. The van der Waals surface area contributed by atoms with Crippen molar-refractivity contribution >= 4 is 11.8 Å². The molecule has 0 radical (unpaired) electrons. The maximum absolute atomic E-state index is 5.29. The van der Waals surface area contributed by atoms with E-state index in [2.05, 4.69) is 20.1 Å². The fraction of sp³-hybridized carbons (Fsp3) is 0.500. The predicted molar refractivity (Wildman–Crippen MR) is 61.0 cm³/mol. The molecule has 90 valence electrons. The minimum absolute atomic E-state index is 0.437. The average molecular weight is 235 g/mol. The van der Waals surface area contributed by atoms with E-state index in [1.807, 2.05) is 11.9 Å². The van der Waals surface area contributed by atoms with E-state index >= 15 is 0 Å². The summed E-state index contributed by atoms with van der Waals surface area (Å²) in [7, 11) is 1.90. The van der Waals surface area contributed by atoms with Gasteiger partial charge in [-0.1, -0.05) is 0 Å². The van der Waals surface area contributed by atoms with E-state index in [0.29, 0.717) is 30.9 Å². The molecule has 2 aliphatic heterocycles. The van der Waals surface area contributed by atoms with E-state index in [-0.39, 0.29) is 0 Å². The van der Waals surface area contributed by atoms with Gasteiger partial charge in [-0.2, -0.15) is 4.98 Å². The molecule has 3 heterocycles. The van der Waals surface area contributed by atoms with E-state index in [1.54, 1.807) is 12.5 Å². The monoisotopic (exact) mass is 235 g/mol. The van der Waals surface area contributed by atoms with Gasteiger partial charge >= 0.3 is 0 Å². The molecule has 0 N–H and O–H groups in total. The molecule has 0 bridgehead atoms. The van der Waals surface area contributed by atoms with Crippen molar-refractivity contribution in [3.63, 3.8) is 0 Å². The molecule has 0 aliphatic carbocycles. The molecule has 1 aromatic heterocycles. The second-order valence-electron chi connectivity index (χ2n) is 3.85. The van der Waals surface area contributed by atoms with Crippen molar-refractivity contribution in [2.75, 3.05) is 43.2 Å². The molecule has 7 nitrogen and oxygen atoms in total. The quantitative estimate of drug-likeness (QED) is 0.679. The molecule has 0 spiro atoms. The van der Waals surface area contributed by atoms with Crippen LogP contribution in [0.1, 0.15) is 0 Å². The summed E-state index contributed by atoms with van der Waals surface area (Å²) in [5.74, 6) is 1.74. The van der Waals surface area contributed by atoms with Crippen LogP contribution >= 0.6 is 0 Å². The molecule has 3 rings (SSSR count). The van der Waals surface area contributed by atoms with Crippen molar-refractivity contribution in [1.82, 2.24) is 15.2 Å². The highest BCUT2D eigenvalue weighted by Crippen LogP contribution is 2.27. The van der Waals surface area contributed by atoms with E-state index in [0.717, 1.165) is 13.1 Å². The summed E-state index contributed by atoms with van der Waals surface area (Å²) in [4.78, 5) is 8.38. The van der Waals surface area contributed by atoms with Crippen LogP contribution in [-0.4, -0.2) is 48.5 Å². The number of aromatic nitrogens is 3. The fourth-order valence-electron chi connectivity index (χ4n) is 1.76. The number of nitrogens with zero attached hydrogens (tertiary/aromatic N) is 5. The molecule has 0 aromatic carbocycles. The average Bonchev–Trinajstić information content (AvgIpc) is 2.40. The molecule has 0 amide bonds. The molecule has 1 saturated heterocycles. The zero-order valence-corrected chi connectivity index (χ0v) is 9.54. The lowest BCUT2D eigenvalue weighted by Gasteiger charge is -2.27. The molecule has 1 aromatic rings. The Hall–Kier alpha value is -1.89. The Bertz CT molecular complexity index is 444.